The molecular formula is C62H40N10O10S4. The maximum Gasteiger partial charge on any atom is 0.334 e. The number of esters is 4. The summed E-state index contributed by atoms with van der Waals surface area (Å²) in [6.45, 7) is 2.10. The van der Waals surface area contributed by atoms with Gasteiger partial charge in [-0.25, -0.2) is 20.0 Å². The molecule has 0 atom stereocenters. The molecule has 0 unspecified atom stereocenters. The molecule has 24 heteroatoms. The van der Waals surface area contributed by atoms with Crippen molar-refractivity contribution in [1.82, 2.24) is 19.8 Å². The van der Waals surface area contributed by atoms with E-state index in [-0.39, 0.29) is 124 Å². The number of allylic oxidation sites excluding steroid dienone is 2. The van der Waals surface area contributed by atoms with Gasteiger partial charge in [-0.3, -0.25) is 38.6 Å². The van der Waals surface area contributed by atoms with Crippen LogP contribution in [0.3, 0.4) is 0 Å². The number of nitriles is 4. The van der Waals surface area contributed by atoms with Crippen molar-refractivity contribution in [2.24, 2.45) is 9.98 Å². The number of thioether (sulfide) groups is 2. The molecule has 2 aliphatic carbocycles. The molecule has 0 N–H and O–H groups in total. The third-order valence-corrected chi connectivity index (χ3v) is 18.2. The van der Waals surface area contributed by atoms with E-state index >= 15 is 19.2 Å². The van der Waals surface area contributed by atoms with Crippen molar-refractivity contribution in [1.29, 1.82) is 21.0 Å². The standard InChI is InChI=1S/C62H40N10O10S4/c1-3-71-51(73)49(85-53(71)39(27-63)28-64)69-59-67-47-45(83-59)41-25-44-42(26-43(41)61(47,55(75)79-31-35-17-9-5-10-18-35)56(76)80-32-36-19-11-6-12-20-36)46-48(68-60(84-46)70-50-52(74)72(4-2)54(86-50)40(29-65)30-66)62(44,57(77)81-33-37-21-13-7-14-22-37)58(78)82-34-38-23-15-8-16-24-38/h5-26H,3-4,31-34H2,1-2H3. The lowest BCUT2D eigenvalue weighted by atomic mass is 9.76. The highest BCUT2D eigenvalue weighted by atomic mass is 32.2. The van der Waals surface area contributed by atoms with Crippen molar-refractivity contribution in [2.75, 3.05) is 13.1 Å². The van der Waals surface area contributed by atoms with Crippen molar-refractivity contribution in [3.05, 3.63) is 199 Å². The topological polar surface area (TPSA) is 291 Å². The number of benzene rings is 5. The van der Waals surface area contributed by atoms with Gasteiger partial charge in [0.15, 0.2) is 21.2 Å². The first-order valence-electron chi connectivity index (χ1n) is 26.2. The zero-order valence-electron chi connectivity index (χ0n) is 45.1. The van der Waals surface area contributed by atoms with Crippen LogP contribution in [0.1, 0.15) is 58.6 Å². The van der Waals surface area contributed by atoms with Crippen LogP contribution in [-0.4, -0.2) is 78.6 Å². The molecule has 2 fully saturated rings. The van der Waals surface area contributed by atoms with E-state index in [4.69, 9.17) is 28.9 Å². The lowest BCUT2D eigenvalue weighted by Crippen LogP contribution is -2.47. The normalized spacial score (nSPS) is 15.6. The minimum atomic E-state index is -2.63. The van der Waals surface area contributed by atoms with E-state index in [1.165, 1.54) is 21.9 Å². The second-order valence-electron chi connectivity index (χ2n) is 19.0. The lowest BCUT2D eigenvalue weighted by molar-refractivity contribution is -0.166. The number of amides is 2. The van der Waals surface area contributed by atoms with Gasteiger partial charge in [0.2, 0.25) is 21.1 Å². The van der Waals surface area contributed by atoms with Crippen LogP contribution in [-0.2, 0) is 85.0 Å². The Balaban J connectivity index is 1.17. The first-order chi connectivity index (χ1) is 41.8. The third-order valence-electron chi connectivity index (χ3n) is 14.1. The van der Waals surface area contributed by atoms with Gasteiger partial charge in [-0.2, -0.15) is 21.0 Å². The van der Waals surface area contributed by atoms with Gasteiger partial charge in [0.05, 0.1) is 21.1 Å². The maximum atomic E-state index is 15.7. The Labute approximate surface area is 506 Å². The van der Waals surface area contributed by atoms with Crippen LogP contribution in [0.25, 0.3) is 20.9 Å². The zero-order chi connectivity index (χ0) is 60.3. The Morgan fingerprint density at radius 2 is 0.779 bits per heavy atom. The summed E-state index contributed by atoms with van der Waals surface area (Å²) in [6.07, 6.45) is 0. The van der Waals surface area contributed by atoms with Crippen LogP contribution in [0.2, 0.25) is 0 Å². The van der Waals surface area contributed by atoms with Crippen molar-refractivity contribution in [3.63, 3.8) is 0 Å². The molecule has 2 amide bonds. The average Bonchev–Trinajstić information content (AvgIpc) is 1.52. The largest absolute Gasteiger partial charge is 0.459 e. The number of hydrogen-bond donors (Lipinski definition) is 0. The van der Waals surface area contributed by atoms with E-state index in [9.17, 15) is 30.6 Å². The summed E-state index contributed by atoms with van der Waals surface area (Å²) in [7, 11) is 0. The van der Waals surface area contributed by atoms with Gasteiger partial charge in [-0.1, -0.05) is 144 Å². The Morgan fingerprint density at radius 3 is 1.05 bits per heavy atom. The molecule has 20 nitrogen and oxygen atoms in total. The zero-order valence-corrected chi connectivity index (χ0v) is 48.4. The van der Waals surface area contributed by atoms with Crippen LogP contribution >= 0.6 is 46.2 Å². The second-order valence-corrected chi connectivity index (χ2v) is 22.9. The smallest absolute Gasteiger partial charge is 0.334 e. The van der Waals surface area contributed by atoms with E-state index in [0.29, 0.717) is 22.3 Å². The molecule has 11 rings (SSSR count). The number of aromatic nitrogens is 2. The molecule has 4 heterocycles. The highest BCUT2D eigenvalue weighted by Crippen LogP contribution is 2.61. The van der Waals surface area contributed by atoms with E-state index in [1.54, 1.807) is 135 Å². The molecule has 2 saturated heterocycles. The van der Waals surface area contributed by atoms with E-state index in [1.807, 2.05) is 24.3 Å². The maximum absolute atomic E-state index is 15.7. The van der Waals surface area contributed by atoms with Gasteiger partial charge in [-0.15, -0.1) is 0 Å². The van der Waals surface area contributed by atoms with Crippen molar-refractivity contribution < 1.29 is 47.7 Å². The molecule has 2 aromatic heterocycles. The first-order valence-corrected chi connectivity index (χ1v) is 29.4. The number of nitrogens with zero attached hydrogens (tertiary/aromatic N) is 10. The van der Waals surface area contributed by atoms with E-state index < -0.39 is 46.5 Å². The average molecular weight is 1210 g/mol. The van der Waals surface area contributed by atoms with E-state index in [2.05, 4.69) is 9.98 Å². The van der Waals surface area contributed by atoms with Gasteiger partial charge in [-0.05, 0) is 94.0 Å². The number of carbonyl (C=O) groups excluding carboxylic acids is 6. The van der Waals surface area contributed by atoms with Gasteiger partial charge in [0, 0.05) is 13.1 Å². The Kier molecular flexibility index (Phi) is 16.1. The van der Waals surface area contributed by atoms with Crippen LogP contribution in [0.15, 0.2) is 165 Å². The predicted molar refractivity (Wildman–Crippen MR) is 316 cm³/mol. The van der Waals surface area contributed by atoms with Crippen LogP contribution in [0.4, 0.5) is 10.3 Å². The SMILES string of the molecule is CCN1C(=O)C(=Nc2nc3c(s2)-c2cc4c(cc2C3(C(=O)OCc2ccccc2)C(=O)OCc2ccccc2)-c2sc(N=C3SC(=C(C#N)C#N)N(CC)C3=O)nc2C4(C(=O)OCc2ccccc2)C(=O)OCc2ccccc2)SC1=C(C#N)C#N. The Hall–Kier alpha value is -10.3. The number of ether oxygens (including phenoxy) is 4. The Morgan fingerprint density at radius 1 is 0.488 bits per heavy atom. The summed E-state index contributed by atoms with van der Waals surface area (Å²) in [5.74, 6) is -5.89. The highest BCUT2D eigenvalue weighted by molar-refractivity contribution is 8.20. The lowest BCUT2D eigenvalue weighted by Gasteiger charge is -2.28. The number of thiazole rings is 2. The number of hydrogen-bond acceptors (Lipinski definition) is 22. The molecule has 86 heavy (non-hydrogen) atoms. The molecule has 5 aromatic carbocycles. The summed E-state index contributed by atoms with van der Waals surface area (Å²) in [5, 5.41) is 38.7. The van der Waals surface area contributed by atoms with Gasteiger partial charge < -0.3 is 18.9 Å². The number of fused-ring (bicyclic) bond motifs is 6. The minimum absolute atomic E-state index is 0.0464. The first kappa shape index (κ1) is 57.5. The van der Waals surface area contributed by atoms with Gasteiger partial charge in [0.25, 0.3) is 11.8 Å². The molecular weight excluding hydrogens is 1170 g/mol. The minimum Gasteiger partial charge on any atom is -0.459 e. The number of rotatable bonds is 16. The number of aliphatic imine (C=N–C) groups is 2. The van der Waals surface area contributed by atoms with Gasteiger partial charge in [0.1, 0.15) is 60.8 Å². The van der Waals surface area contributed by atoms with Gasteiger partial charge >= 0.3 is 23.9 Å². The fourth-order valence-electron chi connectivity index (χ4n) is 10.1. The monoisotopic (exact) mass is 1210 g/mol. The van der Waals surface area contributed by atoms with Crippen molar-refractivity contribution in [2.45, 2.75) is 51.1 Å². The number of carbonyl (C=O) groups is 6. The summed E-state index contributed by atoms with van der Waals surface area (Å²) in [5.41, 5.74) is -4.13. The van der Waals surface area contributed by atoms with Crippen molar-refractivity contribution in [3.8, 4) is 45.2 Å². The Bertz CT molecular complexity index is 3890. The molecule has 0 bridgehead atoms. The summed E-state index contributed by atoms with van der Waals surface area (Å²) in [4.78, 5) is 113. The van der Waals surface area contributed by atoms with Crippen LogP contribution in [0.5, 0.6) is 0 Å². The summed E-state index contributed by atoms with van der Waals surface area (Å²) < 4.78 is 24.6. The van der Waals surface area contributed by atoms with Crippen LogP contribution in [0, 0.1) is 45.3 Å². The fourth-order valence-corrected chi connectivity index (χ4v) is 14.3. The fraction of sp³-hybridized carbons (Fsp3) is 0.161. The van der Waals surface area contributed by atoms with E-state index in [0.717, 1.165) is 46.2 Å². The summed E-state index contributed by atoms with van der Waals surface area (Å²) >= 11 is 3.24. The molecule has 0 spiro atoms. The molecule has 0 saturated carbocycles. The third kappa shape index (κ3) is 9.95. The summed E-state index contributed by atoms with van der Waals surface area (Å²) in [6, 6.07) is 45.0. The molecule has 2 aliphatic heterocycles. The molecule has 4 aliphatic rings. The van der Waals surface area contributed by atoms with Crippen molar-refractivity contribution >= 4 is 102 Å². The molecule has 7 aromatic rings. The predicted octanol–water partition coefficient (Wildman–Crippen LogP) is 9.87. The quantitative estimate of drug-likeness (QED) is 0.0376. The second kappa shape index (κ2) is 24.1. The molecule has 0 radical (unpaired) electrons. The van der Waals surface area contributed by atoms with Crippen LogP contribution < -0.4 is 0 Å². The molecule has 422 valence electrons. The highest BCUT2D eigenvalue weighted by Gasteiger charge is 2.65.